The highest BCUT2D eigenvalue weighted by Gasteiger charge is 2.27. The van der Waals surface area contributed by atoms with Crippen molar-refractivity contribution in [2.24, 2.45) is 0 Å². The standard InChI is InChI=1S/C10H14N4/c1-2-6-14-10(8-4-3-5-8)9(7-11)12-13-14/h8H,2-6H2,1H3. The van der Waals surface area contributed by atoms with Gasteiger partial charge in [0.1, 0.15) is 6.07 Å². The highest BCUT2D eigenvalue weighted by Crippen LogP contribution is 2.37. The van der Waals surface area contributed by atoms with E-state index in [1.54, 1.807) is 0 Å². The molecule has 0 aromatic carbocycles. The van der Waals surface area contributed by atoms with Gasteiger partial charge in [-0.05, 0) is 19.3 Å². The average Bonchev–Trinajstić information content (AvgIpc) is 2.47. The first-order valence-corrected chi connectivity index (χ1v) is 5.20. The number of nitriles is 1. The Bertz CT molecular complexity index is 357. The Kier molecular flexibility index (Phi) is 2.49. The molecule has 0 radical (unpaired) electrons. The zero-order valence-electron chi connectivity index (χ0n) is 8.40. The molecule has 0 saturated heterocycles. The monoisotopic (exact) mass is 190 g/mol. The van der Waals surface area contributed by atoms with E-state index >= 15 is 0 Å². The Morgan fingerprint density at radius 1 is 1.57 bits per heavy atom. The molecule has 0 bridgehead atoms. The van der Waals surface area contributed by atoms with Gasteiger partial charge >= 0.3 is 0 Å². The van der Waals surface area contributed by atoms with E-state index in [0.717, 1.165) is 18.7 Å². The van der Waals surface area contributed by atoms with Crippen molar-refractivity contribution in [2.45, 2.75) is 45.1 Å². The molecule has 1 heterocycles. The smallest absolute Gasteiger partial charge is 0.186 e. The van der Waals surface area contributed by atoms with Crippen molar-refractivity contribution < 1.29 is 0 Å². The van der Waals surface area contributed by atoms with Gasteiger partial charge in [0.15, 0.2) is 5.69 Å². The topological polar surface area (TPSA) is 54.5 Å². The fraction of sp³-hybridized carbons (Fsp3) is 0.700. The molecular formula is C10H14N4. The molecule has 1 aromatic heterocycles. The van der Waals surface area contributed by atoms with Gasteiger partial charge in [-0.15, -0.1) is 5.10 Å². The molecule has 1 aromatic rings. The highest BCUT2D eigenvalue weighted by atomic mass is 15.4. The Hall–Kier alpha value is -1.37. The number of nitrogens with zero attached hydrogens (tertiary/aromatic N) is 4. The molecule has 0 unspecified atom stereocenters. The van der Waals surface area contributed by atoms with E-state index in [4.69, 9.17) is 5.26 Å². The molecule has 1 fully saturated rings. The zero-order chi connectivity index (χ0) is 9.97. The largest absolute Gasteiger partial charge is 0.248 e. The first kappa shape index (κ1) is 9.20. The predicted molar refractivity (Wildman–Crippen MR) is 51.6 cm³/mol. The molecule has 2 rings (SSSR count). The molecule has 1 aliphatic carbocycles. The van der Waals surface area contributed by atoms with E-state index in [1.807, 2.05) is 4.68 Å². The number of aryl methyl sites for hydroxylation is 1. The molecule has 0 atom stereocenters. The molecule has 0 spiro atoms. The lowest BCUT2D eigenvalue weighted by Gasteiger charge is -2.25. The summed E-state index contributed by atoms with van der Waals surface area (Å²) in [5.74, 6) is 0.534. The van der Waals surface area contributed by atoms with Crippen LogP contribution in [-0.4, -0.2) is 15.0 Å². The van der Waals surface area contributed by atoms with Crippen LogP contribution in [0.2, 0.25) is 0 Å². The fourth-order valence-electron chi connectivity index (χ4n) is 1.86. The van der Waals surface area contributed by atoms with Crippen molar-refractivity contribution in [3.05, 3.63) is 11.4 Å². The van der Waals surface area contributed by atoms with Gasteiger partial charge in [-0.1, -0.05) is 18.6 Å². The number of rotatable bonds is 3. The summed E-state index contributed by atoms with van der Waals surface area (Å²) in [6.07, 6.45) is 4.68. The molecule has 0 amide bonds. The molecule has 14 heavy (non-hydrogen) atoms. The van der Waals surface area contributed by atoms with Crippen LogP contribution in [-0.2, 0) is 6.54 Å². The third-order valence-corrected chi connectivity index (χ3v) is 2.81. The van der Waals surface area contributed by atoms with Crippen LogP contribution in [0.1, 0.15) is 49.9 Å². The number of aromatic nitrogens is 3. The molecule has 4 heteroatoms. The summed E-state index contributed by atoms with van der Waals surface area (Å²) in [7, 11) is 0. The molecule has 1 saturated carbocycles. The third kappa shape index (κ3) is 1.39. The summed E-state index contributed by atoms with van der Waals surface area (Å²) in [4.78, 5) is 0. The van der Waals surface area contributed by atoms with Gasteiger partial charge in [0.25, 0.3) is 0 Å². The van der Waals surface area contributed by atoms with Crippen molar-refractivity contribution >= 4 is 0 Å². The fourth-order valence-corrected chi connectivity index (χ4v) is 1.86. The van der Waals surface area contributed by atoms with Crippen LogP contribution in [0.3, 0.4) is 0 Å². The SMILES string of the molecule is CCCn1nnc(C#N)c1C1CCC1. The van der Waals surface area contributed by atoms with E-state index < -0.39 is 0 Å². The predicted octanol–water partition coefficient (Wildman–Crippen LogP) is 1.83. The lowest BCUT2D eigenvalue weighted by molar-refractivity contribution is 0.385. The average molecular weight is 190 g/mol. The molecule has 1 aliphatic rings. The first-order chi connectivity index (χ1) is 6.86. The minimum Gasteiger partial charge on any atom is -0.248 e. The first-order valence-electron chi connectivity index (χ1n) is 5.20. The van der Waals surface area contributed by atoms with Crippen LogP contribution in [0.25, 0.3) is 0 Å². The Balaban J connectivity index is 2.31. The number of hydrogen-bond donors (Lipinski definition) is 0. The highest BCUT2D eigenvalue weighted by molar-refractivity contribution is 5.28. The molecular weight excluding hydrogens is 176 g/mol. The minimum absolute atomic E-state index is 0.531. The minimum atomic E-state index is 0.531. The summed E-state index contributed by atoms with van der Waals surface area (Å²) in [5, 5.41) is 16.8. The summed E-state index contributed by atoms with van der Waals surface area (Å²) < 4.78 is 1.91. The quantitative estimate of drug-likeness (QED) is 0.730. The van der Waals surface area contributed by atoms with Crippen LogP contribution >= 0.6 is 0 Å². The van der Waals surface area contributed by atoms with Crippen LogP contribution < -0.4 is 0 Å². The van der Waals surface area contributed by atoms with E-state index in [0.29, 0.717) is 11.6 Å². The third-order valence-electron chi connectivity index (χ3n) is 2.81. The summed E-state index contributed by atoms with van der Waals surface area (Å²) >= 11 is 0. The Labute approximate surface area is 83.5 Å². The number of hydrogen-bond acceptors (Lipinski definition) is 3. The maximum Gasteiger partial charge on any atom is 0.186 e. The van der Waals surface area contributed by atoms with Crippen molar-refractivity contribution in [3.63, 3.8) is 0 Å². The molecule has 0 aliphatic heterocycles. The maximum absolute atomic E-state index is 8.90. The molecule has 74 valence electrons. The molecule has 4 nitrogen and oxygen atoms in total. The van der Waals surface area contributed by atoms with Gasteiger partial charge in [0.05, 0.1) is 5.69 Å². The van der Waals surface area contributed by atoms with Gasteiger partial charge in [0.2, 0.25) is 0 Å². The maximum atomic E-state index is 8.90. The van der Waals surface area contributed by atoms with Gasteiger partial charge in [-0.25, -0.2) is 4.68 Å². The van der Waals surface area contributed by atoms with Gasteiger partial charge < -0.3 is 0 Å². The molecule has 0 N–H and O–H groups in total. The normalized spacial score (nSPS) is 16.3. The van der Waals surface area contributed by atoms with E-state index in [-0.39, 0.29) is 0 Å². The summed E-state index contributed by atoms with van der Waals surface area (Å²) in [5.41, 5.74) is 1.60. The second kappa shape index (κ2) is 3.79. The van der Waals surface area contributed by atoms with Gasteiger partial charge in [0, 0.05) is 12.5 Å². The van der Waals surface area contributed by atoms with Crippen molar-refractivity contribution in [2.75, 3.05) is 0 Å². The van der Waals surface area contributed by atoms with Crippen LogP contribution in [0.4, 0.5) is 0 Å². The van der Waals surface area contributed by atoms with E-state index in [1.165, 1.54) is 19.3 Å². The summed E-state index contributed by atoms with van der Waals surface area (Å²) in [6, 6.07) is 2.13. The Morgan fingerprint density at radius 2 is 2.36 bits per heavy atom. The Morgan fingerprint density at radius 3 is 2.86 bits per heavy atom. The van der Waals surface area contributed by atoms with Crippen molar-refractivity contribution in [3.8, 4) is 6.07 Å². The lowest BCUT2D eigenvalue weighted by atomic mass is 9.82. The van der Waals surface area contributed by atoms with Gasteiger partial charge in [-0.2, -0.15) is 5.26 Å². The van der Waals surface area contributed by atoms with Crippen LogP contribution in [0.15, 0.2) is 0 Å². The van der Waals surface area contributed by atoms with Crippen LogP contribution in [0, 0.1) is 11.3 Å². The van der Waals surface area contributed by atoms with Crippen molar-refractivity contribution in [1.82, 2.24) is 15.0 Å². The van der Waals surface area contributed by atoms with E-state index in [2.05, 4.69) is 23.3 Å². The van der Waals surface area contributed by atoms with Gasteiger partial charge in [-0.3, -0.25) is 0 Å². The van der Waals surface area contributed by atoms with Crippen molar-refractivity contribution in [1.29, 1.82) is 5.26 Å². The lowest BCUT2D eigenvalue weighted by Crippen LogP contribution is -2.16. The second-order valence-corrected chi connectivity index (χ2v) is 3.79. The van der Waals surface area contributed by atoms with Crippen LogP contribution in [0.5, 0.6) is 0 Å². The summed E-state index contributed by atoms with van der Waals surface area (Å²) in [6.45, 7) is 2.98. The second-order valence-electron chi connectivity index (χ2n) is 3.79. The van der Waals surface area contributed by atoms with E-state index in [9.17, 15) is 0 Å². The zero-order valence-corrected chi connectivity index (χ0v) is 8.40.